The third kappa shape index (κ3) is 7.69. The number of likely N-dealkylation sites (tertiary alicyclic amines) is 1. The summed E-state index contributed by atoms with van der Waals surface area (Å²) in [5.41, 5.74) is 4.19. The maximum Gasteiger partial charge on any atom is 0.257 e. The van der Waals surface area contributed by atoms with E-state index in [1.165, 1.54) is 11.1 Å². The van der Waals surface area contributed by atoms with Gasteiger partial charge in [-0.05, 0) is 44.4 Å². The Morgan fingerprint density at radius 3 is 2.89 bits per heavy atom. The van der Waals surface area contributed by atoms with E-state index in [2.05, 4.69) is 29.4 Å². The van der Waals surface area contributed by atoms with E-state index in [-0.39, 0.29) is 18.6 Å². The van der Waals surface area contributed by atoms with Crippen molar-refractivity contribution >= 4 is 5.91 Å². The molecule has 3 heterocycles. The molecule has 2 atom stereocenters. The minimum Gasteiger partial charge on any atom is -0.491 e. The third-order valence-electron chi connectivity index (χ3n) is 7.45. The molecule has 1 amide bonds. The van der Waals surface area contributed by atoms with Crippen molar-refractivity contribution in [3.05, 3.63) is 59.2 Å². The van der Waals surface area contributed by atoms with Crippen molar-refractivity contribution in [3.8, 4) is 11.5 Å². The lowest BCUT2D eigenvalue weighted by molar-refractivity contribution is 0.0525. The lowest BCUT2D eigenvalue weighted by Gasteiger charge is -2.32. The molecule has 0 bridgehead atoms. The summed E-state index contributed by atoms with van der Waals surface area (Å²) in [6.45, 7) is 14.9. The number of hydrogen-bond donors (Lipinski definition) is 1. The predicted molar refractivity (Wildman–Crippen MR) is 149 cm³/mol. The quantitative estimate of drug-likeness (QED) is 0.445. The molecule has 1 unspecified atom stereocenters. The normalized spacial score (nSPS) is 21.9. The first-order chi connectivity index (χ1) is 18.3. The van der Waals surface area contributed by atoms with Crippen LogP contribution in [0, 0.1) is 0 Å². The lowest BCUT2D eigenvalue weighted by Crippen LogP contribution is -2.44. The molecule has 0 radical (unpaired) electrons. The standard InChI is InChI=1S/C30H43N3O5/c1-22(2)5-6-24-18-32(11-9-23(24)3)19-25(34)20-33-14-16-37-29-17-26(7-8-28(29)30(33)35)38-27-10-12-31(21-27)13-15-36-4/h5-8,17,25,27,34H,1,9-16,18-21H2,2-4H3/b6-5-/t25-,27?/m1/s1. The molecule has 4 rings (SSSR count). The van der Waals surface area contributed by atoms with Crippen LogP contribution in [0.4, 0.5) is 0 Å². The number of allylic oxidation sites excluding steroid dienone is 2. The molecule has 1 aromatic rings. The van der Waals surface area contributed by atoms with Crippen LogP contribution in [0.15, 0.2) is 53.6 Å². The summed E-state index contributed by atoms with van der Waals surface area (Å²) in [5, 5.41) is 10.9. The van der Waals surface area contributed by atoms with Gasteiger partial charge in [-0.15, -0.1) is 0 Å². The number of carbonyl (C=O) groups excluding carboxylic acids is 1. The van der Waals surface area contributed by atoms with Crippen LogP contribution in [0.5, 0.6) is 11.5 Å². The van der Waals surface area contributed by atoms with Crippen molar-refractivity contribution in [1.82, 2.24) is 14.7 Å². The number of fused-ring (bicyclic) bond motifs is 1. The number of carbonyl (C=O) groups is 1. The fourth-order valence-corrected chi connectivity index (χ4v) is 5.24. The molecule has 1 saturated heterocycles. The second-order valence-corrected chi connectivity index (χ2v) is 10.7. The van der Waals surface area contributed by atoms with E-state index in [0.717, 1.165) is 57.7 Å². The number of hydrogen-bond acceptors (Lipinski definition) is 7. The van der Waals surface area contributed by atoms with Crippen LogP contribution in [0.2, 0.25) is 0 Å². The zero-order chi connectivity index (χ0) is 27.1. The Morgan fingerprint density at radius 1 is 1.26 bits per heavy atom. The van der Waals surface area contributed by atoms with Gasteiger partial charge in [-0.1, -0.05) is 29.9 Å². The summed E-state index contributed by atoms with van der Waals surface area (Å²) < 4.78 is 17.3. The van der Waals surface area contributed by atoms with Gasteiger partial charge in [-0.2, -0.15) is 0 Å². The molecule has 8 heteroatoms. The van der Waals surface area contributed by atoms with Gasteiger partial charge in [0.25, 0.3) is 5.91 Å². The van der Waals surface area contributed by atoms with E-state index >= 15 is 0 Å². The fraction of sp³-hybridized carbons (Fsp3) is 0.567. The molecule has 1 aromatic carbocycles. The average Bonchev–Trinajstić information content (AvgIpc) is 3.27. The van der Waals surface area contributed by atoms with Gasteiger partial charge < -0.3 is 24.2 Å². The number of benzene rings is 1. The van der Waals surface area contributed by atoms with Crippen molar-refractivity contribution in [2.24, 2.45) is 0 Å². The van der Waals surface area contributed by atoms with Gasteiger partial charge in [0.05, 0.1) is 24.8 Å². The number of methoxy groups -OCH3 is 1. The molecule has 38 heavy (non-hydrogen) atoms. The van der Waals surface area contributed by atoms with Crippen LogP contribution in [0.3, 0.4) is 0 Å². The van der Waals surface area contributed by atoms with E-state index in [0.29, 0.717) is 36.8 Å². The second kappa shape index (κ2) is 13.4. The zero-order valence-corrected chi connectivity index (χ0v) is 23.2. The molecule has 208 valence electrons. The topological polar surface area (TPSA) is 74.7 Å². The van der Waals surface area contributed by atoms with Crippen LogP contribution < -0.4 is 9.47 Å². The molecule has 8 nitrogen and oxygen atoms in total. The number of rotatable bonds is 11. The van der Waals surface area contributed by atoms with Gasteiger partial charge >= 0.3 is 0 Å². The Kier molecular flexibility index (Phi) is 10.0. The van der Waals surface area contributed by atoms with Crippen molar-refractivity contribution in [3.63, 3.8) is 0 Å². The minimum absolute atomic E-state index is 0.114. The molecule has 0 spiro atoms. The van der Waals surface area contributed by atoms with Gasteiger partial charge in [0.15, 0.2) is 0 Å². The van der Waals surface area contributed by atoms with E-state index in [9.17, 15) is 9.90 Å². The number of ether oxygens (including phenoxy) is 3. The molecule has 0 aromatic heterocycles. The maximum absolute atomic E-state index is 13.3. The minimum atomic E-state index is -0.642. The smallest absolute Gasteiger partial charge is 0.257 e. The summed E-state index contributed by atoms with van der Waals surface area (Å²) in [4.78, 5) is 19.6. The average molecular weight is 526 g/mol. The van der Waals surface area contributed by atoms with Crippen LogP contribution >= 0.6 is 0 Å². The second-order valence-electron chi connectivity index (χ2n) is 10.7. The molecule has 3 aliphatic heterocycles. The van der Waals surface area contributed by atoms with Gasteiger partial charge in [-0.25, -0.2) is 0 Å². The highest BCUT2D eigenvalue weighted by Crippen LogP contribution is 2.30. The van der Waals surface area contributed by atoms with E-state index in [1.807, 2.05) is 25.1 Å². The Bertz CT molecular complexity index is 1050. The first kappa shape index (κ1) is 28.4. The highest BCUT2D eigenvalue weighted by atomic mass is 16.5. The highest BCUT2D eigenvalue weighted by Gasteiger charge is 2.28. The first-order valence-corrected chi connectivity index (χ1v) is 13.7. The predicted octanol–water partition coefficient (Wildman–Crippen LogP) is 3.14. The Balaban J connectivity index is 1.31. The number of aliphatic hydroxyl groups excluding tert-OH is 1. The van der Waals surface area contributed by atoms with Crippen LogP contribution in [0.1, 0.15) is 37.0 Å². The zero-order valence-electron chi connectivity index (χ0n) is 23.2. The maximum atomic E-state index is 13.3. The molecule has 3 aliphatic rings. The summed E-state index contributed by atoms with van der Waals surface area (Å²) in [6.07, 6.45) is 5.58. The van der Waals surface area contributed by atoms with Crippen LogP contribution in [0.25, 0.3) is 0 Å². The van der Waals surface area contributed by atoms with E-state index < -0.39 is 6.10 Å². The van der Waals surface area contributed by atoms with Gasteiger partial charge in [0, 0.05) is 59.0 Å². The van der Waals surface area contributed by atoms with Gasteiger partial charge in [-0.3, -0.25) is 14.6 Å². The number of amides is 1. The fourth-order valence-electron chi connectivity index (χ4n) is 5.24. The number of β-amino-alcohol motifs (C(OH)–C–C–N with tert-alkyl or cyclic N) is 1. The lowest BCUT2D eigenvalue weighted by atomic mass is 10.00. The largest absolute Gasteiger partial charge is 0.491 e. The summed E-state index contributed by atoms with van der Waals surface area (Å²) >= 11 is 0. The van der Waals surface area contributed by atoms with E-state index in [1.54, 1.807) is 18.1 Å². The monoisotopic (exact) mass is 525 g/mol. The van der Waals surface area contributed by atoms with E-state index in [4.69, 9.17) is 14.2 Å². The molecule has 1 fully saturated rings. The number of nitrogens with zero attached hydrogens (tertiary/aromatic N) is 3. The molecular formula is C30H43N3O5. The van der Waals surface area contributed by atoms with Gasteiger partial charge in [0.1, 0.15) is 24.2 Å². The first-order valence-electron chi connectivity index (χ1n) is 13.7. The summed E-state index contributed by atoms with van der Waals surface area (Å²) in [5.74, 6) is 1.15. The van der Waals surface area contributed by atoms with Crippen molar-refractivity contribution in [2.45, 2.75) is 38.9 Å². The molecule has 0 saturated carbocycles. The highest BCUT2D eigenvalue weighted by molar-refractivity contribution is 5.97. The Morgan fingerprint density at radius 2 is 2.11 bits per heavy atom. The summed E-state index contributed by atoms with van der Waals surface area (Å²) in [7, 11) is 1.72. The van der Waals surface area contributed by atoms with Crippen molar-refractivity contribution < 1.29 is 24.1 Å². The third-order valence-corrected chi connectivity index (χ3v) is 7.45. The molecule has 1 N–H and O–H groups in total. The summed E-state index contributed by atoms with van der Waals surface area (Å²) in [6, 6.07) is 5.46. The molecule has 0 aliphatic carbocycles. The van der Waals surface area contributed by atoms with Gasteiger partial charge in [0.2, 0.25) is 0 Å². The SMILES string of the molecule is C=C(C)/C=C\C1=C(C)CCN(C[C@@H](O)CN2CCOc3cc(OC4CCN(CCOC)C4)ccc3C2=O)C1. The Labute approximate surface area is 227 Å². The number of aliphatic hydroxyl groups is 1. The molecular weight excluding hydrogens is 482 g/mol. The van der Waals surface area contributed by atoms with Crippen LogP contribution in [-0.2, 0) is 4.74 Å². The van der Waals surface area contributed by atoms with Crippen molar-refractivity contribution in [1.29, 1.82) is 0 Å². The van der Waals surface area contributed by atoms with Crippen molar-refractivity contribution in [2.75, 3.05) is 72.7 Å². The van der Waals surface area contributed by atoms with Crippen LogP contribution in [-0.4, -0.2) is 111 Å². The Hall–Kier alpha value is -2.65.